The molecule has 20 heavy (non-hydrogen) atoms. The zero-order valence-corrected chi connectivity index (χ0v) is 11.5. The first kappa shape index (κ1) is 13.5. The van der Waals surface area contributed by atoms with Crippen LogP contribution in [0, 0.1) is 0 Å². The van der Waals surface area contributed by atoms with Gasteiger partial charge in [0.2, 0.25) is 17.2 Å². The molecule has 2 saturated heterocycles. The third-order valence-corrected chi connectivity index (χ3v) is 3.27. The fourth-order valence-electron chi connectivity index (χ4n) is 2.08. The predicted octanol–water partition coefficient (Wildman–Crippen LogP) is -0.275. The maximum Gasteiger partial charge on any atom is 0.255 e. The van der Waals surface area contributed by atoms with Gasteiger partial charge in [0.25, 0.3) is 5.91 Å². The molecule has 0 unspecified atom stereocenters. The van der Waals surface area contributed by atoms with Crippen LogP contribution in [0.15, 0.2) is 0 Å². The molecule has 3 heterocycles. The van der Waals surface area contributed by atoms with Crippen LogP contribution in [0.5, 0.6) is 0 Å². The Hall–Kier alpha value is -1.51. The molecular weight excluding hydrogens is 286 g/mol. The van der Waals surface area contributed by atoms with Crippen molar-refractivity contribution in [2.45, 2.75) is 0 Å². The Morgan fingerprint density at radius 3 is 2.40 bits per heavy atom. The van der Waals surface area contributed by atoms with E-state index in [9.17, 15) is 4.79 Å². The van der Waals surface area contributed by atoms with Crippen LogP contribution in [0.25, 0.3) is 0 Å². The van der Waals surface area contributed by atoms with Crippen molar-refractivity contribution >= 4 is 29.4 Å². The number of aromatic nitrogens is 3. The van der Waals surface area contributed by atoms with E-state index in [4.69, 9.17) is 21.1 Å². The van der Waals surface area contributed by atoms with Gasteiger partial charge in [0.1, 0.15) is 6.61 Å². The van der Waals surface area contributed by atoms with Crippen LogP contribution in [0.1, 0.15) is 0 Å². The summed E-state index contributed by atoms with van der Waals surface area (Å²) in [5, 5.41) is 0.0794. The molecule has 8 nitrogen and oxygen atoms in total. The second-order valence-electron chi connectivity index (χ2n) is 4.40. The summed E-state index contributed by atoms with van der Waals surface area (Å²) in [5.74, 6) is 0.578. The van der Waals surface area contributed by atoms with Crippen molar-refractivity contribution < 1.29 is 14.3 Å². The third kappa shape index (κ3) is 2.82. The van der Waals surface area contributed by atoms with Gasteiger partial charge in [-0.1, -0.05) is 0 Å². The van der Waals surface area contributed by atoms with Crippen LogP contribution >= 0.6 is 11.6 Å². The number of hydrogen-bond acceptors (Lipinski definition) is 7. The number of halogens is 1. The Bertz CT molecular complexity index is 509. The van der Waals surface area contributed by atoms with Crippen LogP contribution in [-0.4, -0.2) is 66.9 Å². The lowest BCUT2D eigenvalue weighted by molar-refractivity contribution is -0.125. The van der Waals surface area contributed by atoms with E-state index < -0.39 is 0 Å². The molecule has 2 aliphatic rings. The summed E-state index contributed by atoms with van der Waals surface area (Å²) in [5.41, 5.74) is 0. The summed E-state index contributed by atoms with van der Waals surface area (Å²) in [6.07, 6.45) is 0. The van der Waals surface area contributed by atoms with E-state index >= 15 is 0 Å². The van der Waals surface area contributed by atoms with E-state index in [0.29, 0.717) is 45.4 Å². The highest BCUT2D eigenvalue weighted by molar-refractivity contribution is 6.28. The topological polar surface area (TPSA) is 80.7 Å². The summed E-state index contributed by atoms with van der Waals surface area (Å²) in [6, 6.07) is 0. The Morgan fingerprint density at radius 1 is 0.950 bits per heavy atom. The zero-order valence-electron chi connectivity index (χ0n) is 10.8. The lowest BCUT2D eigenvalue weighted by Gasteiger charge is -2.28. The van der Waals surface area contributed by atoms with Gasteiger partial charge in [-0.3, -0.25) is 9.69 Å². The van der Waals surface area contributed by atoms with Gasteiger partial charge >= 0.3 is 0 Å². The van der Waals surface area contributed by atoms with Gasteiger partial charge in [-0.05, 0) is 11.6 Å². The Labute approximate surface area is 120 Å². The maximum absolute atomic E-state index is 11.8. The van der Waals surface area contributed by atoms with Crippen molar-refractivity contribution in [2.75, 3.05) is 55.9 Å². The summed E-state index contributed by atoms with van der Waals surface area (Å²) >= 11 is 5.95. The number of amides is 1. The van der Waals surface area contributed by atoms with Crippen molar-refractivity contribution in [3.05, 3.63) is 5.28 Å². The van der Waals surface area contributed by atoms with E-state index in [2.05, 4.69) is 15.0 Å². The van der Waals surface area contributed by atoms with E-state index in [-0.39, 0.29) is 23.7 Å². The zero-order chi connectivity index (χ0) is 13.9. The summed E-state index contributed by atoms with van der Waals surface area (Å²) < 4.78 is 10.4. The Kier molecular flexibility index (Phi) is 3.95. The molecule has 2 fully saturated rings. The molecule has 0 bridgehead atoms. The molecule has 1 aromatic heterocycles. The molecule has 0 atom stereocenters. The first-order valence-electron chi connectivity index (χ1n) is 6.36. The van der Waals surface area contributed by atoms with Crippen molar-refractivity contribution in [1.29, 1.82) is 0 Å². The average Bonchev–Trinajstić information content (AvgIpc) is 2.48. The van der Waals surface area contributed by atoms with Crippen molar-refractivity contribution in [3.8, 4) is 0 Å². The lowest BCUT2D eigenvalue weighted by atomic mass is 10.4. The van der Waals surface area contributed by atoms with Crippen LogP contribution in [0.2, 0.25) is 5.28 Å². The van der Waals surface area contributed by atoms with E-state index in [1.807, 2.05) is 4.90 Å². The van der Waals surface area contributed by atoms with Crippen molar-refractivity contribution in [2.24, 2.45) is 0 Å². The van der Waals surface area contributed by atoms with Gasteiger partial charge in [0.15, 0.2) is 0 Å². The standard InChI is InChI=1S/C11H14ClN5O3/c12-9-13-10(16-1-4-19-5-2-16)15-11(14-9)17-3-6-20-7-8(17)18/h1-7H2. The fraction of sp³-hybridized carbons (Fsp3) is 0.636. The number of hydrogen-bond donors (Lipinski definition) is 0. The summed E-state index contributed by atoms with van der Waals surface area (Å²) in [7, 11) is 0. The van der Waals surface area contributed by atoms with Crippen molar-refractivity contribution in [3.63, 3.8) is 0 Å². The molecule has 0 N–H and O–H groups in total. The monoisotopic (exact) mass is 299 g/mol. The van der Waals surface area contributed by atoms with E-state index in [0.717, 1.165) is 0 Å². The largest absolute Gasteiger partial charge is 0.378 e. The van der Waals surface area contributed by atoms with Gasteiger partial charge in [0.05, 0.1) is 26.4 Å². The molecule has 1 amide bonds. The molecule has 9 heteroatoms. The molecule has 0 aliphatic carbocycles. The SMILES string of the molecule is O=C1COCCN1c1nc(Cl)nc(N2CCOCC2)n1. The molecule has 0 aromatic carbocycles. The number of carbonyl (C=O) groups is 1. The normalized spacial score (nSPS) is 20.4. The van der Waals surface area contributed by atoms with Gasteiger partial charge in [-0.25, -0.2) is 0 Å². The van der Waals surface area contributed by atoms with E-state index in [1.54, 1.807) is 0 Å². The average molecular weight is 300 g/mol. The minimum absolute atomic E-state index is 0.0379. The number of ether oxygens (including phenoxy) is 2. The summed E-state index contributed by atoms with van der Waals surface area (Å²) in [4.78, 5) is 27.8. The Morgan fingerprint density at radius 2 is 1.65 bits per heavy atom. The first-order valence-corrected chi connectivity index (χ1v) is 6.74. The molecule has 108 valence electrons. The van der Waals surface area contributed by atoms with Gasteiger partial charge < -0.3 is 14.4 Å². The highest BCUT2D eigenvalue weighted by Crippen LogP contribution is 2.18. The number of morpholine rings is 2. The molecule has 2 aliphatic heterocycles. The van der Waals surface area contributed by atoms with Crippen LogP contribution in [0.4, 0.5) is 11.9 Å². The highest BCUT2D eigenvalue weighted by Gasteiger charge is 2.25. The van der Waals surface area contributed by atoms with Gasteiger partial charge in [0, 0.05) is 13.1 Å². The fourth-order valence-corrected chi connectivity index (χ4v) is 2.24. The first-order chi connectivity index (χ1) is 9.74. The minimum Gasteiger partial charge on any atom is -0.378 e. The smallest absolute Gasteiger partial charge is 0.255 e. The molecular formula is C11H14ClN5O3. The second-order valence-corrected chi connectivity index (χ2v) is 4.74. The number of rotatable bonds is 2. The van der Waals surface area contributed by atoms with Gasteiger partial charge in [-0.15, -0.1) is 0 Å². The third-order valence-electron chi connectivity index (χ3n) is 3.11. The predicted molar refractivity (Wildman–Crippen MR) is 71.0 cm³/mol. The lowest BCUT2D eigenvalue weighted by Crippen LogP contribution is -2.43. The number of carbonyl (C=O) groups excluding carboxylic acids is 1. The number of nitrogens with zero attached hydrogens (tertiary/aromatic N) is 5. The maximum atomic E-state index is 11.8. The molecule has 3 rings (SSSR count). The van der Waals surface area contributed by atoms with Crippen LogP contribution < -0.4 is 9.80 Å². The van der Waals surface area contributed by atoms with Crippen molar-refractivity contribution in [1.82, 2.24) is 15.0 Å². The quantitative estimate of drug-likeness (QED) is 0.743. The summed E-state index contributed by atoms with van der Waals surface area (Å²) in [6.45, 7) is 3.54. The molecule has 1 aromatic rings. The molecule has 0 spiro atoms. The van der Waals surface area contributed by atoms with E-state index in [1.165, 1.54) is 4.90 Å². The molecule has 0 saturated carbocycles. The van der Waals surface area contributed by atoms with Crippen LogP contribution in [-0.2, 0) is 14.3 Å². The Balaban J connectivity index is 1.87. The highest BCUT2D eigenvalue weighted by atomic mass is 35.5. The van der Waals surface area contributed by atoms with Gasteiger partial charge in [-0.2, -0.15) is 15.0 Å². The molecule has 0 radical (unpaired) electrons. The minimum atomic E-state index is -0.175. The van der Waals surface area contributed by atoms with Crippen LogP contribution in [0.3, 0.4) is 0 Å². The second kappa shape index (κ2) is 5.86. The number of anilines is 2.